The van der Waals surface area contributed by atoms with Crippen LogP contribution in [0.3, 0.4) is 0 Å². The Kier molecular flexibility index (Phi) is 5.93. The molecule has 2 atom stereocenters. The molecule has 127 valence electrons. The molecule has 0 aliphatic rings. The minimum Gasteiger partial charge on any atom is -0.506 e. The number of nitrogens with zero attached hydrogens (tertiary/aromatic N) is 1. The third kappa shape index (κ3) is 4.57. The molecule has 0 fully saturated rings. The zero-order valence-electron chi connectivity index (χ0n) is 11.7. The number of aliphatic hydroxyl groups is 2. The van der Waals surface area contributed by atoms with Crippen molar-refractivity contribution in [3.63, 3.8) is 0 Å². The number of halogens is 3. The van der Waals surface area contributed by atoms with Crippen molar-refractivity contribution >= 4 is 11.9 Å². The normalized spacial score (nSPS) is 14.0. The number of benzene rings is 1. The fourth-order valence-corrected chi connectivity index (χ4v) is 1.56. The molecule has 1 aromatic rings. The number of phenolic OH excluding ortho intramolecular Hbond substituents is 1. The van der Waals surface area contributed by atoms with E-state index in [1.54, 1.807) is 0 Å². The predicted octanol–water partition coefficient (Wildman–Crippen LogP) is 0.0504. The summed E-state index contributed by atoms with van der Waals surface area (Å²) in [5, 5.41) is 31.3. The molecule has 0 aromatic heterocycles. The van der Waals surface area contributed by atoms with E-state index in [2.05, 4.69) is 10.1 Å². The van der Waals surface area contributed by atoms with Gasteiger partial charge in [-0.1, -0.05) is 6.07 Å². The van der Waals surface area contributed by atoms with Crippen LogP contribution < -0.4 is 5.32 Å². The summed E-state index contributed by atoms with van der Waals surface area (Å²) in [5.41, 5.74) is -2.19. The molecule has 3 N–H and O–H groups in total. The maximum absolute atomic E-state index is 12.6. The number of phenols is 1. The van der Waals surface area contributed by atoms with Gasteiger partial charge >= 0.3 is 12.1 Å². The SMILES string of the molecule is C[N]C(=O)C(O)C(O)COC(=O)c1cccc(C(F)(F)F)c1O. The monoisotopic (exact) mass is 336 g/mol. The smallest absolute Gasteiger partial charge is 0.419 e. The van der Waals surface area contributed by atoms with Gasteiger partial charge in [0.05, 0.1) is 5.56 Å². The van der Waals surface area contributed by atoms with E-state index in [1.807, 2.05) is 0 Å². The molecule has 0 aliphatic carbocycles. The summed E-state index contributed by atoms with van der Waals surface area (Å²) in [5.74, 6) is -3.74. The minimum atomic E-state index is -4.87. The highest BCUT2D eigenvalue weighted by Gasteiger charge is 2.36. The van der Waals surface area contributed by atoms with Crippen molar-refractivity contribution in [2.75, 3.05) is 13.7 Å². The van der Waals surface area contributed by atoms with Gasteiger partial charge in [-0.3, -0.25) is 10.1 Å². The van der Waals surface area contributed by atoms with Crippen molar-refractivity contribution in [3.05, 3.63) is 29.3 Å². The number of aromatic hydroxyl groups is 1. The van der Waals surface area contributed by atoms with E-state index in [1.165, 1.54) is 0 Å². The average Bonchev–Trinajstić information content (AvgIpc) is 2.49. The Morgan fingerprint density at radius 2 is 1.91 bits per heavy atom. The molecule has 1 rings (SSSR count). The lowest BCUT2D eigenvalue weighted by Gasteiger charge is -2.16. The molecule has 0 saturated heterocycles. The van der Waals surface area contributed by atoms with Crippen LogP contribution in [0, 0.1) is 0 Å². The standard InChI is InChI=1S/C13H13F3NO6/c1-17-11(21)10(20)8(18)5-23-12(22)6-3-2-4-7(9(6)19)13(14,15)16/h2-4,8,10,18-20H,5H2,1H3. The average molecular weight is 336 g/mol. The topological polar surface area (TPSA) is 118 Å². The number of para-hydroxylation sites is 1. The summed E-state index contributed by atoms with van der Waals surface area (Å²) in [7, 11) is 1.07. The van der Waals surface area contributed by atoms with Crippen LogP contribution in [0.1, 0.15) is 15.9 Å². The van der Waals surface area contributed by atoms with Crippen LogP contribution >= 0.6 is 0 Å². The molecule has 0 bridgehead atoms. The van der Waals surface area contributed by atoms with Crippen LogP contribution in [0.5, 0.6) is 5.75 Å². The first kappa shape index (κ1) is 18.7. The molecule has 10 heteroatoms. The first-order valence-electron chi connectivity index (χ1n) is 6.15. The van der Waals surface area contributed by atoms with E-state index in [0.717, 1.165) is 19.2 Å². The molecule has 1 amide bonds. The second kappa shape index (κ2) is 7.29. The number of hydrogen-bond donors (Lipinski definition) is 3. The van der Waals surface area contributed by atoms with Crippen LogP contribution in [0.2, 0.25) is 0 Å². The quantitative estimate of drug-likeness (QED) is 0.654. The summed E-state index contributed by atoms with van der Waals surface area (Å²) < 4.78 is 42.3. The minimum absolute atomic E-state index is 0.576. The maximum Gasteiger partial charge on any atom is 0.419 e. The number of carbonyl (C=O) groups is 2. The predicted molar refractivity (Wildman–Crippen MR) is 68.5 cm³/mol. The van der Waals surface area contributed by atoms with E-state index in [4.69, 9.17) is 0 Å². The van der Waals surface area contributed by atoms with Gasteiger partial charge < -0.3 is 20.1 Å². The van der Waals surface area contributed by atoms with Gasteiger partial charge in [0.2, 0.25) is 0 Å². The van der Waals surface area contributed by atoms with Gasteiger partial charge in [-0.2, -0.15) is 13.2 Å². The molecule has 23 heavy (non-hydrogen) atoms. The molecule has 1 aromatic carbocycles. The Balaban J connectivity index is 2.82. The van der Waals surface area contributed by atoms with E-state index in [9.17, 15) is 38.1 Å². The lowest BCUT2D eigenvalue weighted by Crippen LogP contribution is -2.40. The van der Waals surface area contributed by atoms with Crippen molar-refractivity contribution in [2.24, 2.45) is 0 Å². The number of rotatable bonds is 5. The number of ether oxygens (including phenoxy) is 1. The summed E-state index contributed by atoms with van der Waals surface area (Å²) >= 11 is 0. The molecule has 0 saturated carbocycles. The van der Waals surface area contributed by atoms with Crippen molar-refractivity contribution in [1.82, 2.24) is 5.32 Å². The molecule has 1 radical (unpaired) electrons. The highest BCUT2D eigenvalue weighted by atomic mass is 19.4. The molecule has 0 aliphatic heterocycles. The first-order chi connectivity index (χ1) is 10.6. The van der Waals surface area contributed by atoms with Gasteiger partial charge in [0, 0.05) is 7.05 Å². The summed E-state index contributed by atoms with van der Waals surface area (Å²) in [6.07, 6.45) is -8.63. The third-order valence-electron chi connectivity index (χ3n) is 2.78. The number of alkyl halides is 3. The fraction of sp³-hybridized carbons (Fsp3) is 0.385. The molecular formula is C13H13F3NO6. The Hall–Kier alpha value is -2.33. The second-order valence-corrected chi connectivity index (χ2v) is 4.37. The van der Waals surface area contributed by atoms with Gasteiger partial charge in [-0.15, -0.1) is 0 Å². The summed E-state index contributed by atoms with van der Waals surface area (Å²) in [6, 6.07) is 2.36. The highest BCUT2D eigenvalue weighted by molar-refractivity contribution is 5.93. The number of hydrogen-bond acceptors (Lipinski definition) is 6. The second-order valence-electron chi connectivity index (χ2n) is 4.37. The van der Waals surface area contributed by atoms with Gasteiger partial charge in [0.1, 0.15) is 24.0 Å². The van der Waals surface area contributed by atoms with Crippen LogP contribution in [-0.2, 0) is 15.7 Å². The first-order valence-corrected chi connectivity index (χ1v) is 6.15. The van der Waals surface area contributed by atoms with Crippen LogP contribution in [-0.4, -0.2) is 53.1 Å². The van der Waals surface area contributed by atoms with Crippen LogP contribution in [0.4, 0.5) is 13.2 Å². The summed E-state index contributed by atoms with van der Waals surface area (Å²) in [6.45, 7) is -0.878. The number of carbonyl (C=O) groups excluding carboxylic acids is 2. The molecule has 2 unspecified atom stereocenters. The van der Waals surface area contributed by atoms with E-state index < -0.39 is 53.7 Å². The third-order valence-corrected chi connectivity index (χ3v) is 2.78. The number of likely N-dealkylation sites (N-methyl/N-ethyl adjacent to an activating group) is 1. The largest absolute Gasteiger partial charge is 0.506 e. The molecule has 0 heterocycles. The van der Waals surface area contributed by atoms with Crippen LogP contribution in [0.25, 0.3) is 0 Å². The number of aliphatic hydroxyl groups excluding tert-OH is 2. The lowest BCUT2D eigenvalue weighted by molar-refractivity contribution is -0.139. The van der Waals surface area contributed by atoms with Gasteiger partial charge in [0.15, 0.2) is 6.10 Å². The Bertz CT molecular complexity index is 590. The van der Waals surface area contributed by atoms with Crippen molar-refractivity contribution in [3.8, 4) is 5.75 Å². The maximum atomic E-state index is 12.6. The van der Waals surface area contributed by atoms with Gasteiger partial charge in [0.25, 0.3) is 5.91 Å². The number of amides is 1. The number of esters is 1. The zero-order chi connectivity index (χ0) is 17.8. The fourth-order valence-electron chi connectivity index (χ4n) is 1.56. The van der Waals surface area contributed by atoms with Gasteiger partial charge in [-0.25, -0.2) is 4.79 Å². The van der Waals surface area contributed by atoms with Gasteiger partial charge in [-0.05, 0) is 12.1 Å². The summed E-state index contributed by atoms with van der Waals surface area (Å²) in [4.78, 5) is 22.7. The van der Waals surface area contributed by atoms with Crippen molar-refractivity contribution in [1.29, 1.82) is 0 Å². The molecule has 7 nitrogen and oxygen atoms in total. The van der Waals surface area contributed by atoms with E-state index >= 15 is 0 Å². The molecular weight excluding hydrogens is 323 g/mol. The zero-order valence-corrected chi connectivity index (χ0v) is 11.7. The Morgan fingerprint density at radius 3 is 2.43 bits per heavy atom. The van der Waals surface area contributed by atoms with Crippen molar-refractivity contribution in [2.45, 2.75) is 18.4 Å². The van der Waals surface area contributed by atoms with E-state index in [-0.39, 0.29) is 0 Å². The highest BCUT2D eigenvalue weighted by Crippen LogP contribution is 2.37. The molecule has 0 spiro atoms. The van der Waals surface area contributed by atoms with Crippen LogP contribution in [0.15, 0.2) is 18.2 Å². The Morgan fingerprint density at radius 1 is 1.30 bits per heavy atom. The Labute approximate surface area is 128 Å². The van der Waals surface area contributed by atoms with E-state index in [0.29, 0.717) is 6.07 Å². The van der Waals surface area contributed by atoms with Crippen molar-refractivity contribution < 1.29 is 42.8 Å². The lowest BCUT2D eigenvalue weighted by atomic mass is 10.1.